The lowest BCUT2D eigenvalue weighted by Gasteiger charge is -2.34. The Labute approximate surface area is 312 Å². The van der Waals surface area contributed by atoms with Crippen LogP contribution in [0, 0.1) is 0 Å². The monoisotopic (exact) mass is 677 g/mol. The van der Waals surface area contributed by atoms with Gasteiger partial charge in [0, 0.05) is 22.4 Å². The van der Waals surface area contributed by atoms with Gasteiger partial charge in [-0.25, -0.2) is 0 Å². The maximum Gasteiger partial charge on any atom is 0.0726 e. The molecule has 1 heteroatoms. The van der Waals surface area contributed by atoms with Crippen LogP contribution in [0.1, 0.15) is 65.6 Å². The molecule has 0 radical (unpaired) electrons. The van der Waals surface area contributed by atoms with E-state index < -0.39 is 0 Å². The first-order valence-corrected chi connectivity index (χ1v) is 19.0. The Kier molecular flexibility index (Phi) is 6.41. The first-order valence-electron chi connectivity index (χ1n) is 19.0. The van der Waals surface area contributed by atoms with Crippen LogP contribution < -0.4 is 4.90 Å². The van der Waals surface area contributed by atoms with E-state index in [4.69, 9.17) is 0 Å². The van der Waals surface area contributed by atoms with Crippen molar-refractivity contribution in [3.8, 4) is 33.4 Å². The summed E-state index contributed by atoms with van der Waals surface area (Å²) in [4.78, 5) is 2.60. The molecule has 11 rings (SSSR count). The van der Waals surface area contributed by atoms with E-state index >= 15 is 0 Å². The molecule has 0 N–H and O–H groups in total. The zero-order valence-electron chi connectivity index (χ0n) is 30.1. The molecule has 0 unspecified atom stereocenters. The zero-order chi connectivity index (χ0) is 35.3. The Morgan fingerprint density at radius 2 is 0.981 bits per heavy atom. The fraction of sp³-hybridized carbons (Fsp3) is 0.115. The minimum absolute atomic E-state index is 0.0957. The third-order valence-electron chi connectivity index (χ3n) is 12.6. The molecule has 0 fully saturated rings. The predicted octanol–water partition coefficient (Wildman–Crippen LogP) is 13.2. The van der Waals surface area contributed by atoms with E-state index in [1.165, 1.54) is 95.0 Å². The average Bonchev–Trinajstić information content (AvgIpc) is 3.78. The van der Waals surface area contributed by atoms with Crippen LogP contribution in [-0.2, 0) is 10.8 Å². The fourth-order valence-corrected chi connectivity index (χ4v) is 10.3. The maximum atomic E-state index is 2.60. The Morgan fingerprint density at radius 1 is 0.434 bits per heavy atom. The van der Waals surface area contributed by atoms with Crippen molar-refractivity contribution in [2.45, 2.75) is 37.5 Å². The van der Waals surface area contributed by atoms with Gasteiger partial charge in [-0.15, -0.1) is 0 Å². The molecule has 4 aliphatic rings. The van der Waals surface area contributed by atoms with Crippen molar-refractivity contribution in [2.24, 2.45) is 0 Å². The van der Waals surface area contributed by atoms with Crippen molar-refractivity contribution < 1.29 is 0 Å². The quantitative estimate of drug-likeness (QED) is 0.179. The number of fused-ring (bicyclic) bond motifs is 13. The van der Waals surface area contributed by atoms with Crippen molar-refractivity contribution >= 4 is 16.9 Å². The molecule has 53 heavy (non-hydrogen) atoms. The van der Waals surface area contributed by atoms with Crippen LogP contribution in [0.5, 0.6) is 0 Å². The van der Waals surface area contributed by atoms with Gasteiger partial charge < -0.3 is 4.90 Å². The maximum absolute atomic E-state index is 2.60. The van der Waals surface area contributed by atoms with Gasteiger partial charge >= 0.3 is 0 Å². The second-order valence-electron chi connectivity index (χ2n) is 15.5. The van der Waals surface area contributed by atoms with Gasteiger partial charge in [0.1, 0.15) is 0 Å². The van der Waals surface area contributed by atoms with Gasteiger partial charge in [-0.05, 0) is 109 Å². The molecule has 0 heterocycles. The number of hydrogen-bond acceptors (Lipinski definition) is 1. The Morgan fingerprint density at radius 3 is 1.64 bits per heavy atom. The van der Waals surface area contributed by atoms with Gasteiger partial charge in [0.15, 0.2) is 0 Å². The molecule has 1 spiro atoms. The highest BCUT2D eigenvalue weighted by Gasteiger charge is 2.52. The summed E-state index contributed by atoms with van der Waals surface area (Å²) in [6, 6.07) is 61.5. The topological polar surface area (TPSA) is 3.24 Å². The van der Waals surface area contributed by atoms with Gasteiger partial charge in [0.25, 0.3) is 0 Å². The number of benzene rings is 7. The molecule has 0 saturated carbocycles. The summed E-state index contributed by atoms with van der Waals surface area (Å²) in [6.07, 6.45) is 6.68. The highest BCUT2D eigenvalue weighted by Crippen LogP contribution is 2.64. The minimum Gasteiger partial charge on any atom is -0.314 e. The van der Waals surface area contributed by atoms with E-state index in [9.17, 15) is 0 Å². The zero-order valence-corrected chi connectivity index (χ0v) is 30.1. The fourth-order valence-electron chi connectivity index (χ4n) is 10.3. The Balaban J connectivity index is 1.18. The lowest BCUT2D eigenvalue weighted by atomic mass is 9.70. The largest absolute Gasteiger partial charge is 0.314 e. The van der Waals surface area contributed by atoms with Gasteiger partial charge in [0.2, 0.25) is 0 Å². The van der Waals surface area contributed by atoms with Crippen LogP contribution in [0.25, 0.3) is 39.0 Å². The van der Waals surface area contributed by atoms with Gasteiger partial charge in [-0.1, -0.05) is 166 Å². The van der Waals surface area contributed by atoms with E-state index in [0.717, 1.165) is 12.8 Å². The second-order valence-corrected chi connectivity index (χ2v) is 15.5. The minimum atomic E-state index is -0.385. The molecule has 0 saturated heterocycles. The first kappa shape index (κ1) is 30.4. The van der Waals surface area contributed by atoms with E-state index in [1.54, 1.807) is 0 Å². The highest BCUT2D eigenvalue weighted by molar-refractivity contribution is 6.00. The lowest BCUT2D eigenvalue weighted by molar-refractivity contribution is 0.660. The van der Waals surface area contributed by atoms with E-state index in [-0.39, 0.29) is 10.8 Å². The van der Waals surface area contributed by atoms with E-state index in [0.29, 0.717) is 0 Å². The summed E-state index contributed by atoms with van der Waals surface area (Å²) < 4.78 is 0. The van der Waals surface area contributed by atoms with Crippen molar-refractivity contribution in [2.75, 3.05) is 4.90 Å². The molecular formula is C52H39N. The number of anilines is 2. The second kappa shape index (κ2) is 11.2. The number of hydrogen-bond donors (Lipinski definition) is 0. The summed E-state index contributed by atoms with van der Waals surface area (Å²) >= 11 is 0. The van der Waals surface area contributed by atoms with Crippen LogP contribution in [0.3, 0.4) is 0 Å². The summed E-state index contributed by atoms with van der Waals surface area (Å²) in [5.74, 6) is 0. The summed E-state index contributed by atoms with van der Waals surface area (Å²) in [6.45, 7) is 4.77. The van der Waals surface area contributed by atoms with Crippen molar-refractivity contribution in [3.63, 3.8) is 0 Å². The average molecular weight is 678 g/mol. The first-order chi connectivity index (χ1) is 26.1. The molecule has 4 aliphatic carbocycles. The standard InChI is InChI=1S/C52H39N/c1-51(2)43-21-10-6-17-38(43)41-32-31-37(33-48(41)51)53(36-29-27-35(28-30-36)34-15-4-3-5-16-34)49-26-14-25-47-50(49)42-20-9-13-24-46(42)52(47)44-22-11-7-18-39(44)40-19-8-12-23-45(40)52/h3-27,29,31-33H,28,30H2,1-2H3. The third-order valence-corrected chi connectivity index (χ3v) is 12.6. The molecule has 0 aromatic heterocycles. The predicted molar refractivity (Wildman–Crippen MR) is 221 cm³/mol. The van der Waals surface area contributed by atoms with Crippen LogP contribution in [0.2, 0.25) is 0 Å². The number of nitrogens with zero attached hydrogens (tertiary/aromatic N) is 1. The molecule has 0 atom stereocenters. The number of allylic oxidation sites excluding steroid dienone is 4. The smallest absolute Gasteiger partial charge is 0.0726 e. The third kappa shape index (κ3) is 4.08. The van der Waals surface area contributed by atoms with Crippen LogP contribution in [0.4, 0.5) is 11.4 Å². The summed E-state index contributed by atoms with van der Waals surface area (Å²) in [5.41, 5.74) is 22.3. The molecule has 1 nitrogen and oxygen atoms in total. The molecular weight excluding hydrogens is 639 g/mol. The molecule has 252 valence electrons. The van der Waals surface area contributed by atoms with Gasteiger partial charge in [-0.3, -0.25) is 0 Å². The number of rotatable bonds is 4. The highest BCUT2D eigenvalue weighted by atomic mass is 15.2. The van der Waals surface area contributed by atoms with Crippen LogP contribution in [0.15, 0.2) is 182 Å². The summed E-state index contributed by atoms with van der Waals surface area (Å²) in [5, 5.41) is 0. The van der Waals surface area contributed by atoms with Crippen molar-refractivity contribution in [3.05, 3.63) is 221 Å². The molecule has 0 amide bonds. The van der Waals surface area contributed by atoms with Crippen molar-refractivity contribution in [1.82, 2.24) is 0 Å². The van der Waals surface area contributed by atoms with Crippen LogP contribution >= 0.6 is 0 Å². The van der Waals surface area contributed by atoms with Crippen molar-refractivity contribution in [1.29, 1.82) is 0 Å². The molecule has 7 aromatic carbocycles. The molecule has 7 aromatic rings. The van der Waals surface area contributed by atoms with Gasteiger partial charge in [0.05, 0.1) is 11.1 Å². The van der Waals surface area contributed by atoms with E-state index in [2.05, 4.69) is 195 Å². The van der Waals surface area contributed by atoms with E-state index in [1.807, 2.05) is 0 Å². The normalized spacial score (nSPS) is 16.1. The SMILES string of the molecule is CC1(C)c2ccccc2-c2ccc(N(C3=CC=C(c4ccccc4)CC3)c3cccc4c3-c3ccccc3C43c4ccccc4-c4ccccc43)cc21. The lowest BCUT2D eigenvalue weighted by Crippen LogP contribution is -2.26. The molecule has 0 aliphatic heterocycles. The Bertz CT molecular complexity index is 2660. The van der Waals surface area contributed by atoms with Gasteiger partial charge in [-0.2, -0.15) is 0 Å². The Hall–Kier alpha value is -6.18. The van der Waals surface area contributed by atoms with Crippen LogP contribution in [-0.4, -0.2) is 0 Å². The summed E-state index contributed by atoms with van der Waals surface area (Å²) in [7, 11) is 0. The molecule has 0 bridgehead atoms.